The van der Waals surface area contributed by atoms with Gasteiger partial charge in [0.25, 0.3) is 0 Å². The quantitative estimate of drug-likeness (QED) is 0.426. The molecule has 0 atom stereocenters. The van der Waals surface area contributed by atoms with E-state index in [4.69, 9.17) is 0 Å². The van der Waals surface area contributed by atoms with Crippen molar-refractivity contribution >= 4 is 25.9 Å². The fraction of sp³-hybridized carbons (Fsp3) is 0. The summed E-state index contributed by atoms with van der Waals surface area (Å²) in [5.74, 6) is 2.55. The highest BCUT2D eigenvalue weighted by molar-refractivity contribution is 7.18. The second-order valence-corrected chi connectivity index (χ2v) is 1.93. The van der Waals surface area contributed by atoms with E-state index in [0.717, 1.165) is 5.69 Å². The topological polar surface area (TPSA) is 12.4 Å². The number of benzene rings is 1. The third-order valence-electron chi connectivity index (χ3n) is 0.997. The van der Waals surface area contributed by atoms with Gasteiger partial charge in [-0.25, -0.2) is 0 Å². The molecular formula is C8H6NP. The van der Waals surface area contributed by atoms with Gasteiger partial charge in [0.15, 0.2) is 0 Å². The molecule has 0 radical (unpaired) electrons. The minimum atomic E-state index is 0.883. The van der Waals surface area contributed by atoms with E-state index in [1.165, 1.54) is 0 Å². The van der Waals surface area contributed by atoms with E-state index in [2.05, 4.69) is 25.2 Å². The normalized spacial score (nSPS) is 7.60. The van der Waals surface area contributed by atoms with Crippen LogP contribution >= 0.6 is 8.86 Å². The molecule has 0 aliphatic heterocycles. The van der Waals surface area contributed by atoms with Gasteiger partial charge in [-0.1, -0.05) is 27.1 Å². The van der Waals surface area contributed by atoms with Gasteiger partial charge in [0.1, 0.15) is 0 Å². The lowest BCUT2D eigenvalue weighted by atomic mass is 10.3. The average molecular weight is 147 g/mol. The first-order valence-electron chi connectivity index (χ1n) is 2.86. The molecule has 2 heteroatoms. The molecule has 0 amide bonds. The first kappa shape index (κ1) is 6.99. The number of nitrogens with zero attached hydrogens (tertiary/aromatic N) is 1. The molecule has 0 bridgehead atoms. The number of aliphatic imine (C=N–C) groups is 1. The molecule has 0 saturated carbocycles. The van der Waals surface area contributed by atoms with Gasteiger partial charge in [0, 0.05) is 5.87 Å². The van der Waals surface area contributed by atoms with Crippen LogP contribution in [0.3, 0.4) is 0 Å². The van der Waals surface area contributed by atoms with E-state index in [1.807, 2.05) is 30.3 Å². The highest BCUT2D eigenvalue weighted by Gasteiger charge is 1.79. The lowest BCUT2D eigenvalue weighted by molar-refractivity contribution is 1.55. The fourth-order valence-corrected chi connectivity index (χ4v) is 0.651. The standard InChI is InChI=1S/C8H6NP/c10-7-6-9-8-4-2-1-3-5-8/h1-5,10H. The Kier molecular flexibility index (Phi) is 2.67. The number of hydrogen-bond donors (Lipinski definition) is 0. The summed E-state index contributed by atoms with van der Waals surface area (Å²) in [5, 5.41) is 0. The zero-order valence-corrected chi connectivity index (χ0v) is 6.33. The Balaban J connectivity index is 2.97. The Morgan fingerprint density at radius 3 is 2.50 bits per heavy atom. The molecule has 0 unspecified atom stereocenters. The van der Waals surface area contributed by atoms with Crippen molar-refractivity contribution in [2.45, 2.75) is 0 Å². The maximum absolute atomic E-state index is 3.92. The van der Waals surface area contributed by atoms with E-state index in [-0.39, 0.29) is 0 Å². The molecule has 10 heavy (non-hydrogen) atoms. The summed E-state index contributed by atoms with van der Waals surface area (Å²) in [5.41, 5.74) is 3.39. The largest absolute Gasteiger partial charge is 0.197 e. The van der Waals surface area contributed by atoms with Crippen LogP contribution in [-0.2, 0) is 0 Å². The molecule has 0 fully saturated rings. The molecule has 48 valence electrons. The van der Waals surface area contributed by atoms with Gasteiger partial charge in [-0.3, -0.25) is 0 Å². The Morgan fingerprint density at radius 2 is 1.90 bits per heavy atom. The number of hydrogen-bond acceptors (Lipinski definition) is 1. The zero-order valence-electron chi connectivity index (χ0n) is 5.33. The Morgan fingerprint density at radius 1 is 1.20 bits per heavy atom. The maximum Gasteiger partial charge on any atom is 0.0737 e. The second-order valence-electron chi connectivity index (χ2n) is 1.68. The number of para-hydroxylation sites is 1. The zero-order chi connectivity index (χ0) is 7.23. The summed E-state index contributed by atoms with van der Waals surface area (Å²) in [6, 6.07) is 9.59. The van der Waals surface area contributed by atoms with Crippen molar-refractivity contribution in [3.05, 3.63) is 30.3 Å². The van der Waals surface area contributed by atoms with E-state index in [1.54, 1.807) is 0 Å². The highest BCUT2D eigenvalue weighted by atomic mass is 31.0. The predicted molar refractivity (Wildman–Crippen MR) is 46.9 cm³/mol. The molecule has 0 aromatic heterocycles. The summed E-state index contributed by atoms with van der Waals surface area (Å²) in [4.78, 5) is 3.92. The molecular weight excluding hydrogens is 141 g/mol. The van der Waals surface area contributed by atoms with Crippen molar-refractivity contribution in [2.75, 3.05) is 0 Å². The summed E-state index contributed by atoms with van der Waals surface area (Å²) in [7, 11) is 3.00. The number of rotatable bonds is 1. The van der Waals surface area contributed by atoms with Crippen molar-refractivity contribution in [3.8, 4) is 0 Å². The minimum absolute atomic E-state index is 0.883. The van der Waals surface area contributed by atoms with E-state index in [0.29, 0.717) is 0 Å². The average Bonchev–Trinajstić information content (AvgIpc) is 2.03. The van der Waals surface area contributed by atoms with Crippen molar-refractivity contribution in [2.24, 2.45) is 4.99 Å². The van der Waals surface area contributed by atoms with Gasteiger partial charge in [-0.2, -0.15) is 4.99 Å². The van der Waals surface area contributed by atoms with Crippen LogP contribution in [0.2, 0.25) is 0 Å². The Hall–Kier alpha value is -1.12. The molecule has 0 heterocycles. The van der Waals surface area contributed by atoms with E-state index < -0.39 is 0 Å². The highest BCUT2D eigenvalue weighted by Crippen LogP contribution is 2.07. The van der Waals surface area contributed by atoms with E-state index >= 15 is 0 Å². The molecule has 0 N–H and O–H groups in total. The summed E-state index contributed by atoms with van der Waals surface area (Å²) >= 11 is 0. The van der Waals surface area contributed by atoms with Gasteiger partial charge < -0.3 is 0 Å². The smallest absolute Gasteiger partial charge is 0.0737 e. The molecule has 0 aliphatic carbocycles. The molecule has 1 rings (SSSR count). The lowest BCUT2D eigenvalue weighted by Crippen LogP contribution is -1.60. The minimum Gasteiger partial charge on any atom is -0.197 e. The lowest BCUT2D eigenvalue weighted by Gasteiger charge is -1.84. The predicted octanol–water partition coefficient (Wildman–Crippen LogP) is 2.09. The van der Waals surface area contributed by atoms with Gasteiger partial charge in [-0.15, -0.1) is 0 Å². The van der Waals surface area contributed by atoms with Crippen molar-refractivity contribution in [1.82, 2.24) is 0 Å². The summed E-state index contributed by atoms with van der Waals surface area (Å²) in [6.45, 7) is 0. The van der Waals surface area contributed by atoms with Gasteiger partial charge >= 0.3 is 0 Å². The van der Waals surface area contributed by atoms with Crippen LogP contribution in [0.25, 0.3) is 0 Å². The first-order chi connectivity index (χ1) is 4.93. The van der Waals surface area contributed by atoms with Crippen LogP contribution in [0, 0.1) is 0 Å². The molecule has 1 aromatic rings. The van der Waals surface area contributed by atoms with Crippen molar-refractivity contribution in [3.63, 3.8) is 0 Å². The Bertz CT molecular complexity index is 279. The molecule has 0 spiro atoms. The maximum atomic E-state index is 3.92. The monoisotopic (exact) mass is 147 g/mol. The van der Waals surface area contributed by atoms with Crippen LogP contribution in [0.5, 0.6) is 0 Å². The molecule has 1 nitrogen and oxygen atoms in total. The van der Waals surface area contributed by atoms with Crippen molar-refractivity contribution < 1.29 is 0 Å². The SMILES string of the molecule is P=C=C=Nc1ccccc1. The molecule has 1 aromatic carbocycles. The summed E-state index contributed by atoms with van der Waals surface area (Å²) in [6.07, 6.45) is 0. The van der Waals surface area contributed by atoms with E-state index in [9.17, 15) is 0 Å². The van der Waals surface area contributed by atoms with Crippen LogP contribution < -0.4 is 0 Å². The van der Waals surface area contributed by atoms with Crippen LogP contribution in [0.4, 0.5) is 5.69 Å². The third-order valence-corrected chi connectivity index (χ3v) is 1.11. The molecule has 0 saturated heterocycles. The summed E-state index contributed by atoms with van der Waals surface area (Å²) < 4.78 is 0. The van der Waals surface area contributed by atoms with Gasteiger partial charge in [0.05, 0.1) is 5.69 Å². The van der Waals surface area contributed by atoms with Gasteiger partial charge in [-0.05, 0) is 17.6 Å². The second kappa shape index (κ2) is 3.82. The van der Waals surface area contributed by atoms with Crippen LogP contribution in [0.15, 0.2) is 35.3 Å². The van der Waals surface area contributed by atoms with Crippen molar-refractivity contribution in [1.29, 1.82) is 0 Å². The third kappa shape index (κ3) is 2.01. The van der Waals surface area contributed by atoms with Gasteiger partial charge in [0.2, 0.25) is 0 Å². The first-order valence-corrected chi connectivity index (χ1v) is 3.36. The van der Waals surface area contributed by atoms with Crippen LogP contribution in [-0.4, -0.2) is 11.3 Å². The molecule has 0 aliphatic rings. The fourth-order valence-electron chi connectivity index (χ4n) is 0.595. The van der Waals surface area contributed by atoms with Crippen LogP contribution in [0.1, 0.15) is 0 Å². The Labute approximate surface area is 62.0 Å².